The van der Waals surface area contributed by atoms with Crippen LogP contribution in [-0.4, -0.2) is 37.5 Å². The van der Waals surface area contributed by atoms with E-state index >= 15 is 0 Å². The minimum absolute atomic E-state index is 0.191. The zero-order chi connectivity index (χ0) is 27.2. The summed E-state index contributed by atoms with van der Waals surface area (Å²) < 4.78 is 16.6. The zero-order valence-corrected chi connectivity index (χ0v) is 21.3. The Kier molecular flexibility index (Phi) is 10.7. The number of alkyl carbamates (subject to hydrolysis) is 1. The highest BCUT2D eigenvalue weighted by Crippen LogP contribution is 2.29. The first-order valence-electron chi connectivity index (χ1n) is 12.2. The number of nitrogens with one attached hydrogen (secondary N) is 2. The van der Waals surface area contributed by atoms with Gasteiger partial charge < -0.3 is 19.5 Å². The molecular formula is C29H30N4O5. The van der Waals surface area contributed by atoms with Gasteiger partial charge in [0.15, 0.2) is 11.5 Å². The molecule has 9 nitrogen and oxygen atoms in total. The second-order valence-corrected chi connectivity index (χ2v) is 8.04. The maximum absolute atomic E-state index is 12.8. The number of rotatable bonds is 12. The summed E-state index contributed by atoms with van der Waals surface area (Å²) in [7, 11) is 0. The number of hydrogen-bond donors (Lipinski definition) is 2. The molecule has 9 heteroatoms. The monoisotopic (exact) mass is 514 g/mol. The number of carbonyl (C=O) groups is 2. The highest BCUT2D eigenvalue weighted by atomic mass is 16.5. The van der Waals surface area contributed by atoms with Crippen molar-refractivity contribution in [3.8, 4) is 17.6 Å². The van der Waals surface area contributed by atoms with Crippen molar-refractivity contribution in [3.63, 3.8) is 0 Å². The van der Waals surface area contributed by atoms with Gasteiger partial charge in [-0.15, -0.1) is 0 Å². The third-order valence-electron chi connectivity index (χ3n) is 5.34. The Morgan fingerprint density at radius 2 is 1.74 bits per heavy atom. The Balaban J connectivity index is 1.67. The van der Waals surface area contributed by atoms with Crippen LogP contribution in [-0.2, 0) is 22.6 Å². The predicted molar refractivity (Wildman–Crippen MR) is 143 cm³/mol. The van der Waals surface area contributed by atoms with Gasteiger partial charge in [0, 0.05) is 12.0 Å². The molecule has 0 bridgehead atoms. The fourth-order valence-corrected chi connectivity index (χ4v) is 3.53. The zero-order valence-electron chi connectivity index (χ0n) is 21.3. The summed E-state index contributed by atoms with van der Waals surface area (Å²) >= 11 is 0. The lowest BCUT2D eigenvalue weighted by Gasteiger charge is -2.17. The van der Waals surface area contributed by atoms with E-state index in [0.717, 1.165) is 11.1 Å². The number of nitriles is 1. The van der Waals surface area contributed by atoms with Crippen LogP contribution in [0.1, 0.15) is 36.1 Å². The molecule has 196 valence electrons. The number of hydrogen-bond acceptors (Lipinski definition) is 7. The highest BCUT2D eigenvalue weighted by Gasteiger charge is 2.21. The normalized spacial score (nSPS) is 11.3. The smallest absolute Gasteiger partial charge is 0.407 e. The molecule has 0 saturated carbocycles. The largest absolute Gasteiger partial charge is 0.490 e. The summed E-state index contributed by atoms with van der Waals surface area (Å²) in [6.07, 6.45) is 1.07. The third kappa shape index (κ3) is 8.38. The van der Waals surface area contributed by atoms with E-state index in [1.54, 1.807) is 37.3 Å². The number of hydrazone groups is 1. The highest BCUT2D eigenvalue weighted by molar-refractivity contribution is 5.87. The number of amides is 2. The molecule has 0 aliphatic carbocycles. The van der Waals surface area contributed by atoms with Gasteiger partial charge in [-0.1, -0.05) is 48.5 Å². The maximum Gasteiger partial charge on any atom is 0.407 e. The van der Waals surface area contributed by atoms with Crippen LogP contribution in [0.25, 0.3) is 0 Å². The van der Waals surface area contributed by atoms with E-state index in [1.807, 2.05) is 49.4 Å². The van der Waals surface area contributed by atoms with Crippen molar-refractivity contribution in [2.45, 2.75) is 32.9 Å². The average molecular weight is 515 g/mol. The standard InChI is InChI=1S/C29H30N4O5/c1-3-36-27-17-22(14-15-26(27)38-20-24-13-9-8-12-23(24)18-30)19-31-33-28(34)25(32-29(35)37-4-2)16-21-10-6-5-7-11-21/h5-15,17,19,25H,3-4,16,20H2,1-2H3,(H,32,35)(H,33,34)/b31-19-/t25-/m1/s1. The van der Waals surface area contributed by atoms with Crippen LogP contribution in [0.2, 0.25) is 0 Å². The minimum Gasteiger partial charge on any atom is -0.490 e. The van der Waals surface area contributed by atoms with Crippen LogP contribution >= 0.6 is 0 Å². The molecule has 0 saturated heterocycles. The van der Waals surface area contributed by atoms with Gasteiger partial charge in [-0.3, -0.25) is 4.79 Å². The molecule has 0 unspecified atom stereocenters. The lowest BCUT2D eigenvalue weighted by molar-refractivity contribution is -0.123. The number of ether oxygens (including phenoxy) is 3. The topological polar surface area (TPSA) is 122 Å². The molecule has 1 atom stereocenters. The Labute approximate surface area is 222 Å². The second kappa shape index (κ2) is 14.7. The summed E-state index contributed by atoms with van der Waals surface area (Å²) in [6.45, 7) is 4.37. The molecule has 0 radical (unpaired) electrons. The van der Waals surface area contributed by atoms with E-state index in [9.17, 15) is 14.9 Å². The first-order valence-corrected chi connectivity index (χ1v) is 12.2. The van der Waals surface area contributed by atoms with Crippen molar-refractivity contribution in [1.29, 1.82) is 5.26 Å². The third-order valence-corrected chi connectivity index (χ3v) is 5.34. The Hall–Kier alpha value is -4.84. The summed E-state index contributed by atoms with van der Waals surface area (Å²) in [5.41, 5.74) is 5.34. The van der Waals surface area contributed by atoms with Crippen LogP contribution in [0, 0.1) is 11.3 Å². The molecule has 38 heavy (non-hydrogen) atoms. The van der Waals surface area contributed by atoms with Crippen molar-refractivity contribution in [1.82, 2.24) is 10.7 Å². The molecule has 0 spiro atoms. The molecule has 0 aromatic heterocycles. The fourth-order valence-electron chi connectivity index (χ4n) is 3.53. The van der Waals surface area contributed by atoms with Gasteiger partial charge in [0.2, 0.25) is 0 Å². The maximum atomic E-state index is 12.8. The average Bonchev–Trinajstić information content (AvgIpc) is 2.93. The van der Waals surface area contributed by atoms with Crippen LogP contribution in [0.4, 0.5) is 4.79 Å². The molecule has 0 aliphatic rings. The summed E-state index contributed by atoms with van der Waals surface area (Å²) in [4.78, 5) is 24.8. The predicted octanol–water partition coefficient (Wildman–Crippen LogP) is 4.34. The van der Waals surface area contributed by atoms with Gasteiger partial charge >= 0.3 is 6.09 Å². The van der Waals surface area contributed by atoms with Crippen LogP contribution in [0.5, 0.6) is 11.5 Å². The number of carbonyl (C=O) groups excluding carboxylic acids is 2. The van der Waals surface area contributed by atoms with Crippen molar-refractivity contribution in [3.05, 3.63) is 95.1 Å². The Bertz CT molecular complexity index is 1290. The van der Waals surface area contributed by atoms with E-state index in [1.165, 1.54) is 6.21 Å². The van der Waals surface area contributed by atoms with Crippen molar-refractivity contribution < 1.29 is 23.8 Å². The van der Waals surface area contributed by atoms with Gasteiger partial charge in [-0.2, -0.15) is 10.4 Å². The quantitative estimate of drug-likeness (QED) is 0.274. The van der Waals surface area contributed by atoms with E-state index < -0.39 is 18.0 Å². The first-order chi connectivity index (χ1) is 18.5. The van der Waals surface area contributed by atoms with Gasteiger partial charge in [0.25, 0.3) is 5.91 Å². The van der Waals surface area contributed by atoms with Crippen LogP contribution in [0.15, 0.2) is 77.9 Å². The Morgan fingerprint density at radius 3 is 2.47 bits per heavy atom. The summed E-state index contributed by atoms with van der Waals surface area (Å²) in [5.74, 6) is 0.532. The molecule has 0 aliphatic heterocycles. The lowest BCUT2D eigenvalue weighted by atomic mass is 10.1. The van der Waals surface area contributed by atoms with Crippen molar-refractivity contribution in [2.75, 3.05) is 13.2 Å². The van der Waals surface area contributed by atoms with Crippen molar-refractivity contribution in [2.24, 2.45) is 5.10 Å². The molecule has 0 fully saturated rings. The molecular weight excluding hydrogens is 484 g/mol. The van der Waals surface area contributed by atoms with Gasteiger partial charge in [0.05, 0.1) is 31.1 Å². The molecule has 0 heterocycles. The van der Waals surface area contributed by atoms with Gasteiger partial charge in [-0.25, -0.2) is 10.2 Å². The minimum atomic E-state index is -0.875. The first kappa shape index (κ1) is 27.7. The SMILES string of the molecule is CCOC(=O)N[C@H](Cc1ccccc1)C(=O)N/N=C\c1ccc(OCc2ccccc2C#N)c(OCC)c1. The number of nitrogens with zero attached hydrogens (tertiary/aromatic N) is 2. The van der Waals surface area contributed by atoms with Crippen molar-refractivity contribution >= 4 is 18.2 Å². The molecule has 2 N–H and O–H groups in total. The lowest BCUT2D eigenvalue weighted by Crippen LogP contribution is -2.47. The van der Waals surface area contributed by atoms with Crippen LogP contribution < -0.4 is 20.2 Å². The Morgan fingerprint density at radius 1 is 0.974 bits per heavy atom. The summed E-state index contributed by atoms with van der Waals surface area (Å²) in [6, 6.07) is 23.1. The van der Waals surface area contributed by atoms with E-state index in [2.05, 4.69) is 21.9 Å². The van der Waals surface area contributed by atoms with E-state index in [4.69, 9.17) is 14.2 Å². The van der Waals surface area contributed by atoms with E-state index in [0.29, 0.717) is 29.2 Å². The fraction of sp³-hybridized carbons (Fsp3) is 0.241. The second-order valence-electron chi connectivity index (χ2n) is 8.04. The summed E-state index contributed by atoms with van der Waals surface area (Å²) in [5, 5.41) is 15.9. The van der Waals surface area contributed by atoms with Gasteiger partial charge in [-0.05, 0) is 49.2 Å². The molecule has 3 rings (SSSR count). The van der Waals surface area contributed by atoms with Crippen LogP contribution in [0.3, 0.4) is 0 Å². The van der Waals surface area contributed by atoms with Gasteiger partial charge in [0.1, 0.15) is 12.6 Å². The number of benzene rings is 3. The molecule has 3 aromatic carbocycles. The molecule has 3 aromatic rings. The van der Waals surface area contributed by atoms with E-state index in [-0.39, 0.29) is 19.6 Å². The molecule has 2 amide bonds.